The molecule has 1 aromatic rings. The van der Waals surface area contributed by atoms with Gasteiger partial charge in [-0.15, -0.1) is 0 Å². The number of ketones is 1. The number of hydrogen-bond donors (Lipinski definition) is 1. The lowest BCUT2D eigenvalue weighted by atomic mass is 10.2. The predicted molar refractivity (Wildman–Crippen MR) is 41.5 cm³/mol. The van der Waals surface area contributed by atoms with Crippen LogP contribution in [0.15, 0.2) is 18.5 Å². The molecule has 0 fully saturated rings. The minimum absolute atomic E-state index is 0.00125. The summed E-state index contributed by atoms with van der Waals surface area (Å²) in [6, 6.07) is 1.69. The third-order valence-corrected chi connectivity index (χ3v) is 1.51. The van der Waals surface area contributed by atoms with E-state index in [-0.39, 0.29) is 12.4 Å². The third kappa shape index (κ3) is 2.10. The number of hydrogen-bond acceptors (Lipinski definition) is 3. The van der Waals surface area contributed by atoms with Crippen molar-refractivity contribution in [2.75, 3.05) is 6.61 Å². The van der Waals surface area contributed by atoms with Gasteiger partial charge in [0.15, 0.2) is 18.5 Å². The van der Waals surface area contributed by atoms with Gasteiger partial charge in [-0.05, 0) is 12.0 Å². The number of carbonyl (C=O) groups is 1. The van der Waals surface area contributed by atoms with Crippen molar-refractivity contribution < 1.29 is 14.6 Å². The third-order valence-electron chi connectivity index (χ3n) is 1.51. The Labute approximate surface area is 70.5 Å². The number of Topliss-reactive ketones (excluding diaryl/α,β-unsaturated/α-hetero) is 1. The number of aliphatic hydroxyl groups is 1. The van der Waals surface area contributed by atoms with Crippen molar-refractivity contribution in [1.82, 2.24) is 5.10 Å². The van der Waals surface area contributed by atoms with Gasteiger partial charge in [0.1, 0.15) is 12.8 Å². The van der Waals surface area contributed by atoms with Gasteiger partial charge < -0.3 is 5.11 Å². The first-order valence-corrected chi connectivity index (χ1v) is 3.71. The van der Waals surface area contributed by atoms with E-state index in [1.807, 2.05) is 0 Å². The summed E-state index contributed by atoms with van der Waals surface area (Å²) in [6.07, 6.45) is 3.17. The van der Waals surface area contributed by atoms with Gasteiger partial charge in [-0.3, -0.25) is 4.79 Å². The van der Waals surface area contributed by atoms with Crippen LogP contribution in [0.25, 0.3) is 0 Å². The van der Waals surface area contributed by atoms with Crippen molar-refractivity contribution in [2.45, 2.75) is 13.5 Å². The van der Waals surface area contributed by atoms with E-state index >= 15 is 0 Å². The monoisotopic (exact) mass is 167 g/mol. The second kappa shape index (κ2) is 3.92. The van der Waals surface area contributed by atoms with E-state index < -0.39 is 0 Å². The quantitative estimate of drug-likeness (QED) is 0.490. The van der Waals surface area contributed by atoms with Crippen LogP contribution in [0.5, 0.6) is 0 Å². The molecule has 1 rings (SSSR count). The number of aliphatic hydroxyl groups excluding tert-OH is 1. The molecule has 0 bridgehead atoms. The highest BCUT2D eigenvalue weighted by molar-refractivity contribution is 5.93. The molecule has 0 atom stereocenters. The van der Waals surface area contributed by atoms with Crippen molar-refractivity contribution in [3.63, 3.8) is 0 Å². The van der Waals surface area contributed by atoms with Crippen molar-refractivity contribution in [1.29, 1.82) is 0 Å². The molecule has 0 amide bonds. The first kappa shape index (κ1) is 8.80. The summed E-state index contributed by atoms with van der Waals surface area (Å²) >= 11 is 0. The molecule has 64 valence electrons. The lowest BCUT2D eigenvalue weighted by molar-refractivity contribution is -0.754. The smallest absolute Gasteiger partial charge is 0.197 e. The summed E-state index contributed by atoms with van der Waals surface area (Å²) in [4.78, 5) is 10.8. The first-order chi connectivity index (χ1) is 5.74. The zero-order valence-corrected chi connectivity index (χ0v) is 6.90. The largest absolute Gasteiger partial charge is 0.390 e. The maximum atomic E-state index is 10.8. The van der Waals surface area contributed by atoms with E-state index in [0.29, 0.717) is 12.1 Å². The molecule has 4 heteroatoms. The van der Waals surface area contributed by atoms with Crippen LogP contribution in [0.1, 0.15) is 17.3 Å². The highest BCUT2D eigenvalue weighted by Crippen LogP contribution is 1.92. The topological polar surface area (TPSA) is 54.1 Å². The molecule has 0 aliphatic carbocycles. The average molecular weight is 167 g/mol. The van der Waals surface area contributed by atoms with Crippen molar-refractivity contribution in [3.8, 4) is 0 Å². The second-order valence-corrected chi connectivity index (χ2v) is 2.46. The van der Waals surface area contributed by atoms with Gasteiger partial charge in [0.05, 0.1) is 0 Å². The maximum absolute atomic E-state index is 10.8. The summed E-state index contributed by atoms with van der Waals surface area (Å²) in [5.41, 5.74) is 0.587. The van der Waals surface area contributed by atoms with Crippen molar-refractivity contribution in [3.05, 3.63) is 24.0 Å². The Balaban J connectivity index is 2.78. The van der Waals surface area contributed by atoms with Gasteiger partial charge in [-0.1, -0.05) is 4.68 Å². The van der Waals surface area contributed by atoms with Crippen LogP contribution < -0.4 is 4.68 Å². The zero-order chi connectivity index (χ0) is 8.97. The first-order valence-electron chi connectivity index (χ1n) is 3.71. The highest BCUT2D eigenvalue weighted by Gasteiger charge is 2.03. The summed E-state index contributed by atoms with van der Waals surface area (Å²) in [7, 11) is 0. The minimum Gasteiger partial charge on any atom is -0.390 e. The summed E-state index contributed by atoms with van der Waals surface area (Å²) < 4.78 is 1.58. The fourth-order valence-electron chi connectivity index (χ4n) is 0.827. The van der Waals surface area contributed by atoms with Gasteiger partial charge in [-0.2, -0.15) is 0 Å². The number of rotatable bonds is 3. The van der Waals surface area contributed by atoms with Crippen LogP contribution in [0, 0.1) is 0 Å². The van der Waals surface area contributed by atoms with Crippen LogP contribution in [0.2, 0.25) is 0 Å². The van der Waals surface area contributed by atoms with Crippen LogP contribution in [-0.2, 0) is 6.54 Å². The van der Waals surface area contributed by atoms with Gasteiger partial charge in [0.25, 0.3) is 0 Å². The number of aromatic nitrogens is 2. The predicted octanol–water partition coefficient (Wildman–Crippen LogP) is -0.436. The Bertz CT molecular complexity index is 269. The fourth-order valence-corrected chi connectivity index (χ4v) is 0.827. The molecule has 12 heavy (non-hydrogen) atoms. The van der Waals surface area contributed by atoms with Crippen molar-refractivity contribution >= 4 is 5.78 Å². The molecule has 0 spiro atoms. The lowest BCUT2D eigenvalue weighted by Crippen LogP contribution is -2.39. The zero-order valence-electron chi connectivity index (χ0n) is 6.90. The van der Waals surface area contributed by atoms with Gasteiger partial charge in [-0.25, -0.2) is 0 Å². The van der Waals surface area contributed by atoms with E-state index in [2.05, 4.69) is 5.10 Å². The van der Waals surface area contributed by atoms with E-state index in [1.165, 1.54) is 13.1 Å². The van der Waals surface area contributed by atoms with Crippen molar-refractivity contribution in [2.24, 2.45) is 0 Å². The molecular formula is C8H11N2O2+. The SMILES string of the molecule is CC(=O)c1cc[n+](CCO)nc1. The van der Waals surface area contributed by atoms with Gasteiger partial charge in [0, 0.05) is 11.6 Å². The number of nitrogens with zero attached hydrogens (tertiary/aromatic N) is 2. The molecule has 0 unspecified atom stereocenters. The molecule has 0 aliphatic rings. The fraction of sp³-hybridized carbons (Fsp3) is 0.375. The Kier molecular flexibility index (Phi) is 2.88. The molecule has 1 N–H and O–H groups in total. The summed E-state index contributed by atoms with van der Waals surface area (Å²) in [5, 5.41) is 12.5. The molecular weight excluding hydrogens is 156 g/mol. The molecule has 0 aliphatic heterocycles. The van der Waals surface area contributed by atoms with Crippen LogP contribution in [0.3, 0.4) is 0 Å². The Morgan fingerprint density at radius 3 is 2.92 bits per heavy atom. The van der Waals surface area contributed by atoms with Gasteiger partial charge in [0.2, 0.25) is 0 Å². The van der Waals surface area contributed by atoms with Gasteiger partial charge >= 0.3 is 0 Å². The van der Waals surface area contributed by atoms with Crippen LogP contribution >= 0.6 is 0 Å². The lowest BCUT2D eigenvalue weighted by Gasteiger charge is -1.92. The summed E-state index contributed by atoms with van der Waals surface area (Å²) in [5.74, 6) is -0.00125. The van der Waals surface area contributed by atoms with E-state index in [1.54, 1.807) is 16.9 Å². The molecule has 4 nitrogen and oxygen atoms in total. The Morgan fingerprint density at radius 1 is 1.75 bits per heavy atom. The van der Waals surface area contributed by atoms with E-state index in [0.717, 1.165) is 0 Å². The molecule has 0 aromatic carbocycles. The normalized spacial score (nSPS) is 9.83. The Hall–Kier alpha value is -1.29. The Morgan fingerprint density at radius 2 is 2.50 bits per heavy atom. The standard InChI is InChI=1S/C8H11N2O2/c1-7(12)8-2-3-10(4-5-11)9-6-8/h2-3,6,11H,4-5H2,1H3/q+1. The molecule has 0 radical (unpaired) electrons. The highest BCUT2D eigenvalue weighted by atomic mass is 16.3. The van der Waals surface area contributed by atoms with E-state index in [4.69, 9.17) is 5.11 Å². The number of carbonyl (C=O) groups excluding carboxylic acids is 1. The van der Waals surface area contributed by atoms with Crippen LogP contribution in [0.4, 0.5) is 0 Å². The van der Waals surface area contributed by atoms with Crippen LogP contribution in [-0.4, -0.2) is 22.6 Å². The minimum atomic E-state index is -0.00125. The molecule has 0 saturated heterocycles. The summed E-state index contributed by atoms with van der Waals surface area (Å²) in [6.45, 7) is 2.00. The average Bonchev–Trinajstić information content (AvgIpc) is 2.06. The second-order valence-electron chi connectivity index (χ2n) is 2.46. The van der Waals surface area contributed by atoms with E-state index in [9.17, 15) is 4.79 Å². The maximum Gasteiger partial charge on any atom is 0.197 e. The molecule has 0 saturated carbocycles. The molecule has 1 heterocycles. The molecule has 1 aromatic heterocycles.